The fourth-order valence-electron chi connectivity index (χ4n) is 1.55. The summed E-state index contributed by atoms with van der Waals surface area (Å²) in [5.74, 6) is 1.61. The van der Waals surface area contributed by atoms with E-state index in [1.807, 2.05) is 12.1 Å². The van der Waals surface area contributed by atoms with Gasteiger partial charge in [-0.05, 0) is 52.3 Å². The van der Waals surface area contributed by atoms with Gasteiger partial charge in [0, 0.05) is 22.0 Å². The Labute approximate surface area is 135 Å². The summed E-state index contributed by atoms with van der Waals surface area (Å²) >= 11 is 5.08. The lowest BCUT2D eigenvalue weighted by atomic mass is 10.2. The summed E-state index contributed by atoms with van der Waals surface area (Å²) in [6.45, 7) is 0.566. The van der Waals surface area contributed by atoms with Crippen molar-refractivity contribution >= 4 is 33.5 Å². The Balaban J connectivity index is 1.80. The molecule has 0 bridgehead atoms. The van der Waals surface area contributed by atoms with E-state index in [9.17, 15) is 0 Å². The second-order valence-corrected chi connectivity index (χ2v) is 5.93. The molecule has 2 rings (SSSR count). The number of ether oxygens (including phenoxy) is 1. The van der Waals surface area contributed by atoms with Crippen molar-refractivity contribution in [3.63, 3.8) is 0 Å². The Morgan fingerprint density at radius 3 is 2.76 bits per heavy atom. The van der Waals surface area contributed by atoms with Gasteiger partial charge < -0.3 is 15.7 Å². The molecule has 0 amide bonds. The van der Waals surface area contributed by atoms with E-state index in [2.05, 4.69) is 26.1 Å². The van der Waals surface area contributed by atoms with E-state index in [1.165, 1.54) is 0 Å². The lowest BCUT2D eigenvalue weighted by molar-refractivity contribution is 0.318. The van der Waals surface area contributed by atoms with Crippen LogP contribution in [0.4, 0.5) is 0 Å². The van der Waals surface area contributed by atoms with Crippen LogP contribution in [0.15, 0.2) is 57.2 Å². The fraction of sp³-hybridized carbons (Fsp3) is 0.143. The molecule has 0 fully saturated rings. The number of thioether (sulfide) groups is 1. The highest BCUT2D eigenvalue weighted by Gasteiger charge is 2.02. The van der Waals surface area contributed by atoms with Crippen molar-refractivity contribution in [1.29, 1.82) is 0 Å². The topological polar surface area (TPSA) is 80.7 Å². The first-order chi connectivity index (χ1) is 10.2. The molecule has 0 aliphatic heterocycles. The molecule has 3 N–H and O–H groups in total. The van der Waals surface area contributed by atoms with Crippen molar-refractivity contribution < 1.29 is 9.94 Å². The summed E-state index contributed by atoms with van der Waals surface area (Å²) < 4.78 is 6.61. The minimum Gasteiger partial charge on any atom is -0.493 e. The summed E-state index contributed by atoms with van der Waals surface area (Å²) in [5, 5.41) is 12.5. The van der Waals surface area contributed by atoms with Crippen LogP contribution in [0.1, 0.15) is 5.56 Å². The Morgan fingerprint density at radius 2 is 2.10 bits per heavy atom. The first kappa shape index (κ1) is 15.7. The molecule has 7 heteroatoms. The summed E-state index contributed by atoms with van der Waals surface area (Å²) in [6, 6.07) is 10.9. The summed E-state index contributed by atoms with van der Waals surface area (Å²) in [5.41, 5.74) is 6.14. The zero-order valence-corrected chi connectivity index (χ0v) is 13.5. The molecular formula is C14H14BrN3O2S. The molecule has 0 atom stereocenters. The highest BCUT2D eigenvalue weighted by molar-refractivity contribution is 9.10. The third-order valence-electron chi connectivity index (χ3n) is 2.57. The zero-order chi connectivity index (χ0) is 15.1. The molecule has 0 spiro atoms. The van der Waals surface area contributed by atoms with Gasteiger partial charge in [-0.1, -0.05) is 5.16 Å². The van der Waals surface area contributed by atoms with Gasteiger partial charge in [-0.2, -0.15) is 0 Å². The van der Waals surface area contributed by atoms with E-state index in [0.29, 0.717) is 12.2 Å². The summed E-state index contributed by atoms with van der Waals surface area (Å²) in [4.78, 5) is 4.27. The Bertz CT molecular complexity index is 620. The fourth-order valence-corrected chi connectivity index (χ4v) is 2.85. The van der Waals surface area contributed by atoms with Crippen molar-refractivity contribution in [1.82, 2.24) is 4.98 Å². The molecule has 5 nitrogen and oxygen atoms in total. The van der Waals surface area contributed by atoms with Crippen LogP contribution in [0.3, 0.4) is 0 Å². The Kier molecular flexibility index (Phi) is 5.89. The van der Waals surface area contributed by atoms with E-state index in [1.54, 1.807) is 42.2 Å². The first-order valence-corrected chi connectivity index (χ1v) is 7.92. The third-order valence-corrected chi connectivity index (χ3v) is 4.45. The number of aromatic nitrogens is 1. The van der Waals surface area contributed by atoms with Crippen LogP contribution in [-0.4, -0.2) is 28.4 Å². The molecule has 21 heavy (non-hydrogen) atoms. The van der Waals surface area contributed by atoms with E-state index in [0.717, 1.165) is 21.0 Å². The predicted molar refractivity (Wildman–Crippen MR) is 87.1 cm³/mol. The lowest BCUT2D eigenvalue weighted by Gasteiger charge is -2.07. The maximum Gasteiger partial charge on any atom is 0.170 e. The van der Waals surface area contributed by atoms with Gasteiger partial charge in [0.2, 0.25) is 0 Å². The van der Waals surface area contributed by atoms with E-state index in [-0.39, 0.29) is 5.84 Å². The molecule has 0 saturated heterocycles. The molecule has 1 aromatic heterocycles. The number of oxime groups is 1. The molecule has 1 aromatic carbocycles. The van der Waals surface area contributed by atoms with E-state index in [4.69, 9.17) is 15.7 Å². The maximum atomic E-state index is 8.58. The van der Waals surface area contributed by atoms with Gasteiger partial charge in [0.1, 0.15) is 10.8 Å². The van der Waals surface area contributed by atoms with Crippen molar-refractivity contribution in [2.75, 3.05) is 12.4 Å². The van der Waals surface area contributed by atoms with Crippen LogP contribution in [0.5, 0.6) is 5.75 Å². The van der Waals surface area contributed by atoms with Gasteiger partial charge >= 0.3 is 0 Å². The van der Waals surface area contributed by atoms with Crippen LogP contribution >= 0.6 is 27.7 Å². The number of pyridine rings is 1. The average molecular weight is 368 g/mol. The predicted octanol–water partition coefficient (Wildman–Crippen LogP) is 3.11. The second kappa shape index (κ2) is 7.90. The smallest absolute Gasteiger partial charge is 0.170 e. The monoisotopic (exact) mass is 367 g/mol. The van der Waals surface area contributed by atoms with E-state index >= 15 is 0 Å². The summed E-state index contributed by atoms with van der Waals surface area (Å²) in [7, 11) is 0. The van der Waals surface area contributed by atoms with E-state index < -0.39 is 0 Å². The highest BCUT2D eigenvalue weighted by Crippen LogP contribution is 2.24. The van der Waals surface area contributed by atoms with Crippen molar-refractivity contribution in [2.24, 2.45) is 10.9 Å². The molecule has 0 aliphatic carbocycles. The SMILES string of the molecule is NC(=NO)c1ccc(OCCSc2ncccc2Br)cc1. The number of amidine groups is 1. The average Bonchev–Trinajstić information content (AvgIpc) is 2.53. The quantitative estimate of drug-likeness (QED) is 0.205. The van der Waals surface area contributed by atoms with Crippen LogP contribution < -0.4 is 10.5 Å². The molecule has 0 aliphatic rings. The Morgan fingerprint density at radius 1 is 1.33 bits per heavy atom. The van der Waals surface area contributed by atoms with Crippen LogP contribution in [0.2, 0.25) is 0 Å². The minimum atomic E-state index is 0.0807. The van der Waals surface area contributed by atoms with Gasteiger partial charge in [-0.3, -0.25) is 0 Å². The number of hydrogen-bond acceptors (Lipinski definition) is 5. The van der Waals surface area contributed by atoms with Gasteiger partial charge in [-0.15, -0.1) is 11.8 Å². The molecule has 0 saturated carbocycles. The van der Waals surface area contributed by atoms with Crippen molar-refractivity contribution in [2.45, 2.75) is 5.03 Å². The lowest BCUT2D eigenvalue weighted by Crippen LogP contribution is -2.12. The number of halogens is 1. The Hall–Kier alpha value is -1.73. The largest absolute Gasteiger partial charge is 0.493 e. The first-order valence-electron chi connectivity index (χ1n) is 6.15. The molecular weight excluding hydrogens is 354 g/mol. The van der Waals surface area contributed by atoms with Gasteiger partial charge in [-0.25, -0.2) is 4.98 Å². The second-order valence-electron chi connectivity index (χ2n) is 4.00. The molecule has 0 unspecified atom stereocenters. The number of benzene rings is 1. The van der Waals surface area contributed by atoms with Crippen LogP contribution in [-0.2, 0) is 0 Å². The van der Waals surface area contributed by atoms with Crippen LogP contribution in [0.25, 0.3) is 0 Å². The number of nitrogens with zero attached hydrogens (tertiary/aromatic N) is 2. The number of nitrogens with two attached hydrogens (primary N) is 1. The zero-order valence-electron chi connectivity index (χ0n) is 11.1. The minimum absolute atomic E-state index is 0.0807. The van der Waals surface area contributed by atoms with Gasteiger partial charge in [0.05, 0.1) is 6.61 Å². The standard InChI is InChI=1S/C14H14BrN3O2S/c15-12-2-1-7-17-14(12)21-9-8-20-11-5-3-10(4-6-11)13(16)18-19/h1-7,19H,8-9H2,(H2,16,18). The van der Waals surface area contributed by atoms with Crippen LogP contribution in [0, 0.1) is 0 Å². The third kappa shape index (κ3) is 4.64. The number of hydrogen-bond donors (Lipinski definition) is 2. The van der Waals surface area contributed by atoms with Gasteiger partial charge in [0.25, 0.3) is 0 Å². The molecule has 2 aromatic rings. The normalized spacial score (nSPS) is 11.4. The molecule has 0 radical (unpaired) electrons. The van der Waals surface area contributed by atoms with Crippen molar-refractivity contribution in [3.8, 4) is 5.75 Å². The van der Waals surface area contributed by atoms with Crippen molar-refractivity contribution in [3.05, 3.63) is 52.6 Å². The highest BCUT2D eigenvalue weighted by atomic mass is 79.9. The molecule has 1 heterocycles. The molecule has 110 valence electrons. The number of rotatable bonds is 6. The summed E-state index contributed by atoms with van der Waals surface area (Å²) in [6.07, 6.45) is 1.76. The maximum absolute atomic E-state index is 8.58. The van der Waals surface area contributed by atoms with Gasteiger partial charge in [0.15, 0.2) is 5.84 Å².